The molecule has 0 N–H and O–H groups in total. The van der Waals surface area contributed by atoms with Gasteiger partial charge < -0.3 is 4.57 Å². The molecule has 1 aromatic rings. The van der Waals surface area contributed by atoms with Crippen LogP contribution >= 0.6 is 0 Å². The summed E-state index contributed by atoms with van der Waals surface area (Å²) in [4.78, 5) is 23.6. The average Bonchev–Trinajstić information content (AvgIpc) is 2.38. The van der Waals surface area contributed by atoms with Crippen molar-refractivity contribution in [3.63, 3.8) is 0 Å². The van der Waals surface area contributed by atoms with Gasteiger partial charge in [0.25, 0.3) is 5.56 Å². The Morgan fingerprint density at radius 1 is 1.32 bits per heavy atom. The van der Waals surface area contributed by atoms with Gasteiger partial charge in [-0.1, -0.05) is 6.42 Å². The molecule has 0 saturated carbocycles. The molecule has 0 aliphatic carbocycles. The molecule has 0 unspecified atom stereocenters. The molecule has 5 nitrogen and oxygen atoms in total. The lowest BCUT2D eigenvalue weighted by atomic mass is 9.89. The summed E-state index contributed by atoms with van der Waals surface area (Å²) in [5, 5.41) is 8.91. The zero-order valence-electron chi connectivity index (χ0n) is 11.8. The summed E-state index contributed by atoms with van der Waals surface area (Å²) in [7, 11) is 0. The Hall–Kier alpha value is -1.83. The highest BCUT2D eigenvalue weighted by atomic mass is 16.2. The van der Waals surface area contributed by atoms with Gasteiger partial charge in [-0.15, -0.1) is 0 Å². The molecule has 0 bridgehead atoms. The van der Waals surface area contributed by atoms with Crippen LogP contribution in [0.4, 0.5) is 0 Å². The molecule has 1 heterocycles. The Morgan fingerprint density at radius 3 is 2.58 bits per heavy atom. The summed E-state index contributed by atoms with van der Waals surface area (Å²) in [5.41, 5.74) is -0.852. The fourth-order valence-electron chi connectivity index (χ4n) is 1.90. The van der Waals surface area contributed by atoms with Gasteiger partial charge >= 0.3 is 5.69 Å². The first-order chi connectivity index (χ1) is 8.91. The standard InChI is InChI=1S/C14H21N3O2/c1-4-16-10-7-12(18)17(13(16)19)9-6-5-8-14(2,3)11-15/h7,10H,4-6,8-9H2,1-3H3. The zero-order chi connectivity index (χ0) is 14.5. The van der Waals surface area contributed by atoms with Gasteiger partial charge in [0.05, 0.1) is 11.5 Å². The maximum absolute atomic E-state index is 11.9. The molecule has 0 atom stereocenters. The maximum atomic E-state index is 11.9. The van der Waals surface area contributed by atoms with Crippen molar-refractivity contribution in [2.45, 2.75) is 53.1 Å². The van der Waals surface area contributed by atoms with Crippen molar-refractivity contribution in [2.24, 2.45) is 5.41 Å². The van der Waals surface area contributed by atoms with E-state index in [1.807, 2.05) is 20.8 Å². The van der Waals surface area contributed by atoms with Crippen LogP contribution in [-0.4, -0.2) is 9.13 Å². The Morgan fingerprint density at radius 2 is 2.00 bits per heavy atom. The van der Waals surface area contributed by atoms with Crippen LogP contribution in [0.15, 0.2) is 21.9 Å². The molecular weight excluding hydrogens is 242 g/mol. The molecule has 0 amide bonds. The van der Waals surface area contributed by atoms with Gasteiger partial charge in [-0.05, 0) is 33.6 Å². The Kier molecular flexibility index (Phi) is 5.11. The van der Waals surface area contributed by atoms with Crippen molar-refractivity contribution in [2.75, 3.05) is 0 Å². The Labute approximate surface area is 113 Å². The minimum absolute atomic E-state index is 0.255. The lowest BCUT2D eigenvalue weighted by Crippen LogP contribution is -2.38. The van der Waals surface area contributed by atoms with E-state index in [4.69, 9.17) is 5.26 Å². The van der Waals surface area contributed by atoms with Gasteiger partial charge in [0, 0.05) is 25.4 Å². The van der Waals surface area contributed by atoms with Crippen molar-refractivity contribution >= 4 is 0 Å². The van der Waals surface area contributed by atoms with Crippen LogP contribution in [0.3, 0.4) is 0 Å². The SMILES string of the molecule is CCn1ccc(=O)n(CCCCC(C)(C)C#N)c1=O. The summed E-state index contributed by atoms with van der Waals surface area (Å²) in [6.07, 6.45) is 3.86. The summed E-state index contributed by atoms with van der Waals surface area (Å²) in [6.45, 7) is 6.63. The fraction of sp³-hybridized carbons (Fsp3) is 0.643. The van der Waals surface area contributed by atoms with Gasteiger partial charge in [-0.3, -0.25) is 9.36 Å². The molecule has 0 aromatic carbocycles. The highest BCUT2D eigenvalue weighted by molar-refractivity contribution is 4.91. The normalized spacial score (nSPS) is 11.3. The van der Waals surface area contributed by atoms with E-state index < -0.39 is 0 Å². The quantitative estimate of drug-likeness (QED) is 0.734. The van der Waals surface area contributed by atoms with Crippen molar-refractivity contribution in [1.82, 2.24) is 9.13 Å². The Bertz CT molecular complexity index is 576. The van der Waals surface area contributed by atoms with E-state index in [9.17, 15) is 9.59 Å². The number of aromatic nitrogens is 2. The lowest BCUT2D eigenvalue weighted by Gasteiger charge is -2.14. The van der Waals surface area contributed by atoms with E-state index >= 15 is 0 Å². The molecule has 1 rings (SSSR count). The molecule has 19 heavy (non-hydrogen) atoms. The van der Waals surface area contributed by atoms with E-state index in [0.29, 0.717) is 13.1 Å². The van der Waals surface area contributed by atoms with Crippen LogP contribution in [0.2, 0.25) is 0 Å². The summed E-state index contributed by atoms with van der Waals surface area (Å²) >= 11 is 0. The minimum Gasteiger partial charge on any atom is -0.301 e. The van der Waals surface area contributed by atoms with Crippen molar-refractivity contribution in [3.05, 3.63) is 33.1 Å². The van der Waals surface area contributed by atoms with Crippen molar-refractivity contribution in [1.29, 1.82) is 5.26 Å². The highest BCUT2D eigenvalue weighted by Crippen LogP contribution is 2.21. The molecule has 0 saturated heterocycles. The van der Waals surface area contributed by atoms with Crippen LogP contribution in [0, 0.1) is 16.7 Å². The van der Waals surface area contributed by atoms with Crippen LogP contribution in [0.5, 0.6) is 0 Å². The molecule has 0 spiro atoms. The van der Waals surface area contributed by atoms with Gasteiger partial charge in [0.1, 0.15) is 0 Å². The third kappa shape index (κ3) is 4.09. The minimum atomic E-state index is -0.342. The third-order valence-electron chi connectivity index (χ3n) is 3.22. The number of hydrogen-bond donors (Lipinski definition) is 0. The number of hydrogen-bond acceptors (Lipinski definition) is 3. The van der Waals surface area contributed by atoms with Crippen molar-refractivity contribution < 1.29 is 0 Å². The largest absolute Gasteiger partial charge is 0.330 e. The topological polar surface area (TPSA) is 67.8 Å². The van der Waals surface area contributed by atoms with Gasteiger partial charge in [-0.2, -0.15) is 5.26 Å². The monoisotopic (exact) mass is 263 g/mol. The number of nitrogens with zero attached hydrogens (tertiary/aromatic N) is 3. The van der Waals surface area contributed by atoms with Crippen LogP contribution in [0.25, 0.3) is 0 Å². The molecule has 0 fully saturated rings. The Balaban J connectivity index is 2.67. The first-order valence-corrected chi connectivity index (χ1v) is 6.63. The second kappa shape index (κ2) is 6.37. The molecule has 104 valence electrons. The van der Waals surface area contributed by atoms with E-state index in [1.54, 1.807) is 0 Å². The fourth-order valence-corrected chi connectivity index (χ4v) is 1.90. The molecule has 1 aromatic heterocycles. The molecule has 0 radical (unpaired) electrons. The van der Waals surface area contributed by atoms with Crippen LogP contribution in [0.1, 0.15) is 40.0 Å². The number of rotatable bonds is 6. The zero-order valence-corrected chi connectivity index (χ0v) is 11.8. The molecular formula is C14H21N3O2. The summed E-state index contributed by atoms with van der Waals surface area (Å²) in [6, 6.07) is 3.67. The van der Waals surface area contributed by atoms with E-state index in [2.05, 4.69) is 6.07 Å². The average molecular weight is 263 g/mol. The predicted octanol–water partition coefficient (Wildman–Crippen LogP) is 1.75. The number of unbranched alkanes of at least 4 members (excludes halogenated alkanes) is 1. The second-order valence-electron chi connectivity index (χ2n) is 5.33. The van der Waals surface area contributed by atoms with E-state index in [1.165, 1.54) is 21.4 Å². The molecule has 0 aliphatic heterocycles. The van der Waals surface area contributed by atoms with E-state index in [-0.39, 0.29) is 16.7 Å². The van der Waals surface area contributed by atoms with Crippen LogP contribution in [-0.2, 0) is 13.1 Å². The third-order valence-corrected chi connectivity index (χ3v) is 3.22. The first kappa shape index (κ1) is 15.2. The van der Waals surface area contributed by atoms with E-state index in [0.717, 1.165) is 19.3 Å². The highest BCUT2D eigenvalue weighted by Gasteiger charge is 2.15. The lowest BCUT2D eigenvalue weighted by molar-refractivity contribution is 0.411. The van der Waals surface area contributed by atoms with Gasteiger partial charge in [0.15, 0.2) is 0 Å². The summed E-state index contributed by atoms with van der Waals surface area (Å²) in [5.74, 6) is 0. The maximum Gasteiger partial charge on any atom is 0.330 e. The van der Waals surface area contributed by atoms with Gasteiger partial charge in [-0.25, -0.2) is 4.79 Å². The summed E-state index contributed by atoms with van der Waals surface area (Å²) < 4.78 is 2.78. The number of aryl methyl sites for hydroxylation is 1. The van der Waals surface area contributed by atoms with Gasteiger partial charge in [0.2, 0.25) is 0 Å². The first-order valence-electron chi connectivity index (χ1n) is 6.63. The molecule has 0 aliphatic rings. The van der Waals surface area contributed by atoms with Crippen molar-refractivity contribution in [3.8, 4) is 6.07 Å². The predicted molar refractivity (Wildman–Crippen MR) is 73.9 cm³/mol. The number of nitriles is 1. The smallest absolute Gasteiger partial charge is 0.301 e. The second-order valence-corrected chi connectivity index (χ2v) is 5.33. The van der Waals surface area contributed by atoms with Crippen LogP contribution < -0.4 is 11.2 Å². The molecule has 5 heteroatoms.